The first-order valence-electron chi connectivity index (χ1n) is 8.82. The van der Waals surface area contributed by atoms with E-state index >= 15 is 0 Å². The molecule has 2 aliphatic heterocycles. The number of aromatic nitrogens is 1. The molecule has 0 unspecified atom stereocenters. The van der Waals surface area contributed by atoms with Crippen LogP contribution in [-0.2, 0) is 4.74 Å². The maximum atomic E-state index is 12.6. The lowest BCUT2D eigenvalue weighted by atomic mass is 10.0. The Bertz CT molecular complexity index is 561. The Morgan fingerprint density at radius 2 is 2.00 bits per heavy atom. The van der Waals surface area contributed by atoms with Crippen molar-refractivity contribution in [3.05, 3.63) is 17.5 Å². The minimum Gasteiger partial charge on any atom is -0.376 e. The molecule has 2 saturated heterocycles. The Balaban J connectivity index is 1.32. The minimum atomic E-state index is 0.0226. The molecule has 0 N–H and O–H groups in total. The number of amides is 1. The first-order valence-corrected chi connectivity index (χ1v) is 8.82. The third kappa shape index (κ3) is 3.28. The Hall–Kier alpha value is -1.40. The molecule has 6 nitrogen and oxygen atoms in total. The molecular formula is C17H25N3O3. The van der Waals surface area contributed by atoms with Gasteiger partial charge in [-0.05, 0) is 32.6 Å². The van der Waals surface area contributed by atoms with Gasteiger partial charge in [0.1, 0.15) is 5.76 Å². The summed E-state index contributed by atoms with van der Waals surface area (Å²) >= 11 is 0. The Morgan fingerprint density at radius 1 is 1.22 bits per heavy atom. The molecule has 1 aromatic rings. The highest BCUT2D eigenvalue weighted by Gasteiger charge is 2.32. The number of carbonyl (C=O) groups is 1. The SMILES string of the molecule is C[C@H]1CN(C2CCN(C(=O)c3cc(C4CC4)on3)CC2)CCO1. The van der Waals surface area contributed by atoms with Crippen LogP contribution in [-0.4, -0.2) is 65.8 Å². The van der Waals surface area contributed by atoms with E-state index in [1.165, 1.54) is 0 Å². The number of morpholine rings is 1. The van der Waals surface area contributed by atoms with E-state index in [1.54, 1.807) is 0 Å². The zero-order chi connectivity index (χ0) is 15.8. The standard InChI is InChI=1S/C17H25N3O3/c1-12-11-20(8-9-22-12)14-4-6-19(7-5-14)17(21)15-10-16(23-18-15)13-2-3-13/h10,12-14H,2-9,11H2,1H3/t12-/m0/s1. The van der Waals surface area contributed by atoms with Crippen LogP contribution in [0.3, 0.4) is 0 Å². The quantitative estimate of drug-likeness (QED) is 0.851. The van der Waals surface area contributed by atoms with E-state index in [4.69, 9.17) is 9.26 Å². The van der Waals surface area contributed by atoms with Crippen LogP contribution >= 0.6 is 0 Å². The summed E-state index contributed by atoms with van der Waals surface area (Å²) in [4.78, 5) is 17.0. The second-order valence-corrected chi connectivity index (χ2v) is 7.09. The van der Waals surface area contributed by atoms with Crippen LogP contribution in [0.1, 0.15) is 54.8 Å². The third-order valence-corrected chi connectivity index (χ3v) is 5.27. The summed E-state index contributed by atoms with van der Waals surface area (Å²) in [5, 5.41) is 3.98. The smallest absolute Gasteiger partial charge is 0.276 e. The van der Waals surface area contributed by atoms with Crippen LogP contribution in [0.2, 0.25) is 0 Å². The van der Waals surface area contributed by atoms with Gasteiger partial charge in [0.2, 0.25) is 0 Å². The first kappa shape index (κ1) is 15.1. The van der Waals surface area contributed by atoms with Crippen molar-refractivity contribution in [2.45, 2.75) is 50.7 Å². The van der Waals surface area contributed by atoms with Crippen LogP contribution < -0.4 is 0 Å². The lowest BCUT2D eigenvalue weighted by molar-refractivity contribution is -0.0424. The van der Waals surface area contributed by atoms with Gasteiger partial charge in [-0.3, -0.25) is 9.69 Å². The fourth-order valence-electron chi connectivity index (χ4n) is 3.72. The van der Waals surface area contributed by atoms with Gasteiger partial charge in [0, 0.05) is 44.2 Å². The number of likely N-dealkylation sites (tertiary alicyclic amines) is 1. The maximum absolute atomic E-state index is 12.6. The van der Waals surface area contributed by atoms with E-state index in [0.29, 0.717) is 23.8 Å². The van der Waals surface area contributed by atoms with Gasteiger partial charge < -0.3 is 14.2 Å². The normalized spacial score (nSPS) is 27.3. The van der Waals surface area contributed by atoms with Crippen molar-refractivity contribution in [1.29, 1.82) is 0 Å². The lowest BCUT2D eigenvalue weighted by Gasteiger charge is -2.41. The number of nitrogens with zero attached hydrogens (tertiary/aromatic N) is 3. The van der Waals surface area contributed by atoms with Crippen molar-refractivity contribution >= 4 is 5.91 Å². The van der Waals surface area contributed by atoms with Crippen molar-refractivity contribution in [3.8, 4) is 0 Å². The molecule has 126 valence electrons. The van der Waals surface area contributed by atoms with E-state index in [0.717, 1.165) is 64.2 Å². The minimum absolute atomic E-state index is 0.0226. The van der Waals surface area contributed by atoms with Crippen LogP contribution in [0.5, 0.6) is 0 Å². The van der Waals surface area contributed by atoms with Crippen molar-refractivity contribution in [2.75, 3.05) is 32.8 Å². The van der Waals surface area contributed by atoms with Gasteiger partial charge in [0.25, 0.3) is 5.91 Å². The van der Waals surface area contributed by atoms with E-state index in [1.807, 2.05) is 11.0 Å². The maximum Gasteiger partial charge on any atom is 0.276 e. The molecule has 1 amide bonds. The Morgan fingerprint density at radius 3 is 2.70 bits per heavy atom. The van der Waals surface area contributed by atoms with Gasteiger partial charge >= 0.3 is 0 Å². The van der Waals surface area contributed by atoms with Crippen molar-refractivity contribution in [3.63, 3.8) is 0 Å². The van der Waals surface area contributed by atoms with Crippen molar-refractivity contribution < 1.29 is 14.1 Å². The topological polar surface area (TPSA) is 58.8 Å². The molecule has 0 bridgehead atoms. The largest absolute Gasteiger partial charge is 0.376 e. The third-order valence-electron chi connectivity index (χ3n) is 5.27. The molecular weight excluding hydrogens is 294 g/mol. The van der Waals surface area contributed by atoms with Gasteiger partial charge in [0.05, 0.1) is 12.7 Å². The van der Waals surface area contributed by atoms with Gasteiger partial charge in [-0.25, -0.2) is 0 Å². The van der Waals surface area contributed by atoms with E-state index in [-0.39, 0.29) is 5.91 Å². The summed E-state index contributed by atoms with van der Waals surface area (Å²) in [5.74, 6) is 1.40. The second-order valence-electron chi connectivity index (χ2n) is 7.09. The van der Waals surface area contributed by atoms with Gasteiger partial charge in [-0.2, -0.15) is 0 Å². The summed E-state index contributed by atoms with van der Waals surface area (Å²) in [7, 11) is 0. The average Bonchev–Trinajstić information content (AvgIpc) is 3.32. The van der Waals surface area contributed by atoms with E-state index < -0.39 is 0 Å². The number of hydrogen-bond donors (Lipinski definition) is 0. The summed E-state index contributed by atoms with van der Waals surface area (Å²) in [6, 6.07) is 2.42. The lowest BCUT2D eigenvalue weighted by Crippen LogP contribution is -2.51. The zero-order valence-corrected chi connectivity index (χ0v) is 13.7. The molecule has 1 atom stereocenters. The van der Waals surface area contributed by atoms with Crippen molar-refractivity contribution in [2.24, 2.45) is 0 Å². The van der Waals surface area contributed by atoms with Gasteiger partial charge in [0.15, 0.2) is 5.69 Å². The Labute approximate surface area is 136 Å². The predicted octanol–water partition coefficient (Wildman–Crippen LogP) is 1.88. The Kier molecular flexibility index (Phi) is 4.11. The van der Waals surface area contributed by atoms with Crippen LogP contribution in [0.25, 0.3) is 0 Å². The first-order chi connectivity index (χ1) is 11.2. The molecule has 1 aliphatic carbocycles. The highest BCUT2D eigenvalue weighted by atomic mass is 16.5. The number of ether oxygens (including phenoxy) is 1. The number of hydrogen-bond acceptors (Lipinski definition) is 5. The van der Waals surface area contributed by atoms with E-state index in [9.17, 15) is 4.79 Å². The number of rotatable bonds is 3. The van der Waals surface area contributed by atoms with Crippen LogP contribution in [0, 0.1) is 0 Å². The van der Waals surface area contributed by atoms with Crippen LogP contribution in [0.4, 0.5) is 0 Å². The van der Waals surface area contributed by atoms with E-state index in [2.05, 4.69) is 17.0 Å². The molecule has 1 saturated carbocycles. The highest BCUT2D eigenvalue weighted by molar-refractivity contribution is 5.92. The molecule has 4 rings (SSSR count). The average molecular weight is 319 g/mol. The number of piperidine rings is 1. The monoisotopic (exact) mass is 319 g/mol. The van der Waals surface area contributed by atoms with Gasteiger partial charge in [-0.15, -0.1) is 0 Å². The second kappa shape index (κ2) is 6.24. The van der Waals surface area contributed by atoms with Crippen molar-refractivity contribution in [1.82, 2.24) is 15.0 Å². The van der Waals surface area contributed by atoms with Crippen LogP contribution in [0.15, 0.2) is 10.6 Å². The molecule has 0 radical (unpaired) electrons. The molecule has 0 spiro atoms. The molecule has 6 heteroatoms. The fraction of sp³-hybridized carbons (Fsp3) is 0.765. The predicted molar refractivity (Wildman–Crippen MR) is 84.4 cm³/mol. The molecule has 3 heterocycles. The molecule has 23 heavy (non-hydrogen) atoms. The molecule has 0 aromatic carbocycles. The molecule has 3 fully saturated rings. The zero-order valence-electron chi connectivity index (χ0n) is 13.7. The fourth-order valence-corrected chi connectivity index (χ4v) is 3.72. The summed E-state index contributed by atoms with van der Waals surface area (Å²) < 4.78 is 10.9. The summed E-state index contributed by atoms with van der Waals surface area (Å²) in [6.45, 7) is 6.58. The summed E-state index contributed by atoms with van der Waals surface area (Å²) in [6.07, 6.45) is 4.70. The number of carbonyl (C=O) groups excluding carboxylic acids is 1. The highest BCUT2D eigenvalue weighted by Crippen LogP contribution is 2.40. The summed E-state index contributed by atoms with van der Waals surface area (Å²) in [5.41, 5.74) is 0.477. The molecule has 3 aliphatic rings. The van der Waals surface area contributed by atoms with Gasteiger partial charge in [-0.1, -0.05) is 5.16 Å². The molecule has 1 aromatic heterocycles.